The van der Waals surface area contributed by atoms with Gasteiger partial charge in [-0.25, -0.2) is 9.59 Å². The maximum absolute atomic E-state index is 12.0. The van der Waals surface area contributed by atoms with Crippen LogP contribution >= 0.6 is 0 Å². The second kappa shape index (κ2) is 6.58. The van der Waals surface area contributed by atoms with Gasteiger partial charge in [0.25, 0.3) is 0 Å². The third kappa shape index (κ3) is 4.18. The zero-order valence-corrected chi connectivity index (χ0v) is 11.3. The number of likely N-dealkylation sites (N-methyl/N-ethyl adjacent to an activating group) is 1. The van der Waals surface area contributed by atoms with E-state index in [0.717, 1.165) is 19.5 Å². The maximum Gasteiger partial charge on any atom is 0.326 e. The minimum absolute atomic E-state index is 0.124. The minimum Gasteiger partial charge on any atom is -0.480 e. The quantitative estimate of drug-likeness (QED) is 0.769. The standard InChI is InChI=1S/C12H23N3O3/c1-9(2)10(11(16)17)13-12(18)15-6-4-5-14(3)7-8-15/h9-10H,4-8H2,1-3H3,(H,13,18)(H,16,17)/t10-/m0/s1. The van der Waals surface area contributed by atoms with E-state index < -0.39 is 12.0 Å². The topological polar surface area (TPSA) is 72.9 Å². The Morgan fingerprint density at radius 2 is 1.83 bits per heavy atom. The zero-order chi connectivity index (χ0) is 13.7. The van der Waals surface area contributed by atoms with Crippen molar-refractivity contribution in [2.75, 3.05) is 33.2 Å². The summed E-state index contributed by atoms with van der Waals surface area (Å²) in [5.74, 6) is -1.11. The predicted octanol–water partition coefficient (Wildman–Crippen LogP) is 0.443. The number of amides is 2. The third-order valence-electron chi connectivity index (χ3n) is 3.22. The van der Waals surface area contributed by atoms with E-state index >= 15 is 0 Å². The molecule has 1 atom stereocenters. The molecule has 0 bridgehead atoms. The summed E-state index contributed by atoms with van der Waals surface area (Å²) in [6.45, 7) is 6.70. The molecular weight excluding hydrogens is 234 g/mol. The van der Waals surface area contributed by atoms with Crippen LogP contribution in [0.3, 0.4) is 0 Å². The van der Waals surface area contributed by atoms with Gasteiger partial charge < -0.3 is 20.2 Å². The summed E-state index contributed by atoms with van der Waals surface area (Å²) >= 11 is 0. The molecule has 2 N–H and O–H groups in total. The van der Waals surface area contributed by atoms with E-state index in [9.17, 15) is 9.59 Å². The normalized spacial score (nSPS) is 19.4. The summed E-state index contributed by atoms with van der Waals surface area (Å²) < 4.78 is 0. The van der Waals surface area contributed by atoms with Crippen molar-refractivity contribution in [3.05, 3.63) is 0 Å². The number of aliphatic carboxylic acids is 1. The molecule has 0 radical (unpaired) electrons. The molecule has 1 rings (SSSR count). The SMILES string of the molecule is CC(C)[C@H](NC(=O)N1CCCN(C)CC1)C(=O)O. The Bertz CT molecular complexity index is 307. The lowest BCUT2D eigenvalue weighted by molar-refractivity contribution is -0.140. The van der Waals surface area contributed by atoms with Crippen molar-refractivity contribution in [2.24, 2.45) is 5.92 Å². The number of carbonyl (C=O) groups is 2. The van der Waals surface area contributed by atoms with E-state index in [1.807, 2.05) is 7.05 Å². The van der Waals surface area contributed by atoms with Crippen LogP contribution in [-0.2, 0) is 4.79 Å². The molecule has 0 saturated carbocycles. The number of carboxylic acids is 1. The monoisotopic (exact) mass is 257 g/mol. The van der Waals surface area contributed by atoms with E-state index in [4.69, 9.17) is 5.11 Å². The minimum atomic E-state index is -0.981. The molecule has 0 aliphatic carbocycles. The van der Waals surface area contributed by atoms with Gasteiger partial charge in [0.05, 0.1) is 0 Å². The van der Waals surface area contributed by atoms with Crippen LogP contribution in [0.4, 0.5) is 4.79 Å². The summed E-state index contributed by atoms with van der Waals surface area (Å²) in [6.07, 6.45) is 0.920. The van der Waals surface area contributed by atoms with Gasteiger partial charge in [0.15, 0.2) is 0 Å². The largest absolute Gasteiger partial charge is 0.480 e. The van der Waals surface area contributed by atoms with Crippen molar-refractivity contribution >= 4 is 12.0 Å². The van der Waals surface area contributed by atoms with Gasteiger partial charge in [-0.05, 0) is 25.9 Å². The Kier molecular flexibility index (Phi) is 5.40. The molecule has 0 aromatic heterocycles. The van der Waals surface area contributed by atoms with Crippen LogP contribution in [0.15, 0.2) is 0 Å². The highest BCUT2D eigenvalue weighted by Gasteiger charge is 2.26. The summed E-state index contributed by atoms with van der Waals surface area (Å²) in [5.41, 5.74) is 0. The molecule has 0 aromatic rings. The van der Waals surface area contributed by atoms with Gasteiger partial charge in [-0.3, -0.25) is 0 Å². The molecular formula is C12H23N3O3. The van der Waals surface area contributed by atoms with E-state index in [2.05, 4.69) is 10.2 Å². The first-order chi connectivity index (χ1) is 8.41. The molecule has 18 heavy (non-hydrogen) atoms. The number of rotatable bonds is 3. The van der Waals surface area contributed by atoms with Crippen molar-refractivity contribution in [1.82, 2.24) is 15.1 Å². The lowest BCUT2D eigenvalue weighted by Gasteiger charge is -2.25. The number of carbonyl (C=O) groups excluding carboxylic acids is 1. The second-order valence-electron chi connectivity index (χ2n) is 5.15. The molecule has 0 spiro atoms. The Labute approximate surface area is 108 Å². The number of nitrogens with zero attached hydrogens (tertiary/aromatic N) is 2. The average molecular weight is 257 g/mol. The Morgan fingerprint density at radius 1 is 1.17 bits per heavy atom. The van der Waals surface area contributed by atoms with Crippen molar-refractivity contribution in [2.45, 2.75) is 26.3 Å². The summed E-state index contributed by atoms with van der Waals surface area (Å²) in [7, 11) is 2.02. The van der Waals surface area contributed by atoms with Gasteiger partial charge in [-0.15, -0.1) is 0 Å². The molecule has 1 heterocycles. The third-order valence-corrected chi connectivity index (χ3v) is 3.22. The zero-order valence-electron chi connectivity index (χ0n) is 11.3. The fraction of sp³-hybridized carbons (Fsp3) is 0.833. The molecule has 104 valence electrons. The Hall–Kier alpha value is -1.30. The smallest absolute Gasteiger partial charge is 0.326 e. The van der Waals surface area contributed by atoms with Gasteiger partial charge >= 0.3 is 12.0 Å². The van der Waals surface area contributed by atoms with E-state index in [0.29, 0.717) is 13.1 Å². The fourth-order valence-electron chi connectivity index (χ4n) is 1.99. The average Bonchev–Trinajstić information content (AvgIpc) is 2.49. The van der Waals surface area contributed by atoms with E-state index in [-0.39, 0.29) is 11.9 Å². The van der Waals surface area contributed by atoms with Crippen LogP contribution in [0, 0.1) is 5.92 Å². The van der Waals surface area contributed by atoms with Crippen LogP contribution in [0.25, 0.3) is 0 Å². The van der Waals surface area contributed by atoms with Crippen LogP contribution in [-0.4, -0.2) is 66.2 Å². The molecule has 6 heteroatoms. The van der Waals surface area contributed by atoms with Crippen LogP contribution in [0.5, 0.6) is 0 Å². The van der Waals surface area contributed by atoms with Crippen LogP contribution in [0.1, 0.15) is 20.3 Å². The highest BCUT2D eigenvalue weighted by atomic mass is 16.4. The number of carboxylic acid groups (broad SMARTS) is 1. The molecule has 1 aliphatic heterocycles. The van der Waals surface area contributed by atoms with Crippen molar-refractivity contribution in [3.63, 3.8) is 0 Å². The molecule has 0 unspecified atom stereocenters. The number of urea groups is 1. The van der Waals surface area contributed by atoms with Crippen LogP contribution in [0.2, 0.25) is 0 Å². The number of nitrogens with one attached hydrogen (secondary N) is 1. The van der Waals surface area contributed by atoms with E-state index in [1.54, 1.807) is 18.7 Å². The summed E-state index contributed by atoms with van der Waals surface area (Å²) in [5, 5.41) is 11.6. The first-order valence-corrected chi connectivity index (χ1v) is 6.38. The first-order valence-electron chi connectivity index (χ1n) is 6.38. The molecule has 1 fully saturated rings. The summed E-state index contributed by atoms with van der Waals surface area (Å²) in [4.78, 5) is 26.9. The Morgan fingerprint density at radius 3 is 2.39 bits per heavy atom. The van der Waals surface area contributed by atoms with Gasteiger partial charge in [-0.1, -0.05) is 13.8 Å². The first kappa shape index (κ1) is 14.8. The van der Waals surface area contributed by atoms with Gasteiger partial charge in [0.1, 0.15) is 6.04 Å². The van der Waals surface area contributed by atoms with E-state index in [1.165, 1.54) is 0 Å². The van der Waals surface area contributed by atoms with Gasteiger partial charge in [-0.2, -0.15) is 0 Å². The van der Waals surface area contributed by atoms with Crippen molar-refractivity contribution in [3.8, 4) is 0 Å². The lowest BCUT2D eigenvalue weighted by atomic mass is 10.1. The fourth-order valence-corrected chi connectivity index (χ4v) is 1.99. The highest BCUT2D eigenvalue weighted by molar-refractivity contribution is 5.82. The molecule has 0 aromatic carbocycles. The maximum atomic E-state index is 12.0. The predicted molar refractivity (Wildman–Crippen MR) is 68.5 cm³/mol. The summed E-state index contributed by atoms with van der Waals surface area (Å²) in [6, 6.07) is -1.09. The molecule has 1 saturated heterocycles. The highest BCUT2D eigenvalue weighted by Crippen LogP contribution is 2.05. The lowest BCUT2D eigenvalue weighted by Crippen LogP contribution is -2.50. The van der Waals surface area contributed by atoms with Crippen LogP contribution < -0.4 is 5.32 Å². The molecule has 1 aliphatic rings. The molecule has 6 nitrogen and oxygen atoms in total. The van der Waals surface area contributed by atoms with Crippen molar-refractivity contribution < 1.29 is 14.7 Å². The van der Waals surface area contributed by atoms with Gasteiger partial charge in [0, 0.05) is 19.6 Å². The number of hydrogen-bond donors (Lipinski definition) is 2. The molecule has 2 amide bonds. The van der Waals surface area contributed by atoms with Crippen molar-refractivity contribution in [1.29, 1.82) is 0 Å². The van der Waals surface area contributed by atoms with Gasteiger partial charge in [0.2, 0.25) is 0 Å². The second-order valence-corrected chi connectivity index (χ2v) is 5.15. The number of hydrogen-bond acceptors (Lipinski definition) is 3. The Balaban J connectivity index is 2.55.